The summed E-state index contributed by atoms with van der Waals surface area (Å²) in [5.74, 6) is -0.255. The summed E-state index contributed by atoms with van der Waals surface area (Å²) in [6, 6.07) is 3.82. The summed E-state index contributed by atoms with van der Waals surface area (Å²) in [6.07, 6.45) is 2.29. The van der Waals surface area contributed by atoms with Gasteiger partial charge in [0.2, 0.25) is 0 Å². The number of ether oxygens (including phenoxy) is 1. The normalized spacial score (nSPS) is 17.9. The van der Waals surface area contributed by atoms with Gasteiger partial charge in [-0.3, -0.25) is 0 Å². The Kier molecular flexibility index (Phi) is 2.33. The molecule has 1 heterocycles. The Labute approximate surface area is 86.9 Å². The lowest BCUT2D eigenvalue weighted by atomic mass is 10.1. The highest BCUT2D eigenvalue weighted by Gasteiger charge is 2.44. The van der Waals surface area contributed by atoms with E-state index in [1.165, 1.54) is 23.3 Å². The van der Waals surface area contributed by atoms with Crippen molar-refractivity contribution in [2.75, 3.05) is 13.7 Å². The van der Waals surface area contributed by atoms with Crippen LogP contribution >= 0.6 is 11.3 Å². The molecule has 0 unspecified atom stereocenters. The van der Waals surface area contributed by atoms with Crippen molar-refractivity contribution in [3.05, 3.63) is 21.9 Å². The maximum absolute atomic E-state index is 11.2. The van der Waals surface area contributed by atoms with E-state index in [0.717, 1.165) is 12.8 Å². The Bertz CT molecular complexity index is 355. The number of esters is 1. The first-order valence-corrected chi connectivity index (χ1v) is 5.42. The largest absolute Gasteiger partial charge is 0.465 e. The third-order valence-corrected chi connectivity index (χ3v) is 4.07. The Hall–Kier alpha value is -0.870. The smallest absolute Gasteiger partial charge is 0.348 e. The predicted octanol–water partition coefficient (Wildman–Crippen LogP) is 1.52. The van der Waals surface area contributed by atoms with Crippen molar-refractivity contribution in [2.24, 2.45) is 5.73 Å². The maximum atomic E-state index is 11.2. The molecular formula is C10H13NO2S. The van der Waals surface area contributed by atoms with Crippen LogP contribution < -0.4 is 5.73 Å². The minimum absolute atomic E-state index is 0.178. The topological polar surface area (TPSA) is 52.3 Å². The first kappa shape index (κ1) is 9.68. The van der Waals surface area contributed by atoms with Crippen LogP contribution in [-0.2, 0) is 10.2 Å². The fraction of sp³-hybridized carbons (Fsp3) is 0.500. The number of thiophene rings is 1. The molecular weight excluding hydrogens is 198 g/mol. The van der Waals surface area contributed by atoms with E-state index in [1.54, 1.807) is 0 Å². The van der Waals surface area contributed by atoms with E-state index in [1.807, 2.05) is 12.1 Å². The molecule has 2 rings (SSSR count). The van der Waals surface area contributed by atoms with Gasteiger partial charge in [-0.15, -0.1) is 11.3 Å². The molecule has 1 aliphatic rings. The second-order valence-corrected chi connectivity index (χ2v) is 4.72. The third kappa shape index (κ3) is 1.44. The minimum Gasteiger partial charge on any atom is -0.465 e. The monoisotopic (exact) mass is 211 g/mol. The highest BCUT2D eigenvalue weighted by atomic mass is 32.1. The van der Waals surface area contributed by atoms with E-state index in [2.05, 4.69) is 4.74 Å². The molecule has 2 N–H and O–H groups in total. The second-order valence-electron chi connectivity index (χ2n) is 3.64. The van der Waals surface area contributed by atoms with Gasteiger partial charge in [0, 0.05) is 16.8 Å². The number of carbonyl (C=O) groups excluding carboxylic acids is 1. The first-order chi connectivity index (χ1) is 6.72. The molecule has 3 nitrogen and oxygen atoms in total. The van der Waals surface area contributed by atoms with Gasteiger partial charge >= 0.3 is 5.97 Å². The van der Waals surface area contributed by atoms with Crippen molar-refractivity contribution in [1.29, 1.82) is 0 Å². The molecule has 0 amide bonds. The van der Waals surface area contributed by atoms with E-state index < -0.39 is 0 Å². The lowest BCUT2D eigenvalue weighted by molar-refractivity contribution is 0.0606. The van der Waals surface area contributed by atoms with Crippen LogP contribution in [-0.4, -0.2) is 19.6 Å². The van der Waals surface area contributed by atoms with Crippen LogP contribution in [0.4, 0.5) is 0 Å². The molecule has 0 saturated heterocycles. The highest BCUT2D eigenvalue weighted by Crippen LogP contribution is 2.49. The highest BCUT2D eigenvalue weighted by molar-refractivity contribution is 7.14. The average molecular weight is 211 g/mol. The molecule has 0 spiro atoms. The molecule has 0 aromatic carbocycles. The van der Waals surface area contributed by atoms with Crippen LogP contribution in [0.3, 0.4) is 0 Å². The molecule has 76 valence electrons. The number of methoxy groups -OCH3 is 1. The molecule has 0 radical (unpaired) electrons. The molecule has 0 atom stereocenters. The van der Waals surface area contributed by atoms with Crippen LogP contribution in [0.1, 0.15) is 27.4 Å². The Morgan fingerprint density at radius 2 is 2.36 bits per heavy atom. The van der Waals surface area contributed by atoms with Crippen LogP contribution in [0.25, 0.3) is 0 Å². The van der Waals surface area contributed by atoms with Crippen molar-refractivity contribution in [1.82, 2.24) is 0 Å². The van der Waals surface area contributed by atoms with E-state index in [0.29, 0.717) is 11.4 Å². The molecule has 1 aromatic heterocycles. The molecule has 4 heteroatoms. The number of carbonyl (C=O) groups is 1. The van der Waals surface area contributed by atoms with Crippen molar-refractivity contribution in [3.63, 3.8) is 0 Å². The van der Waals surface area contributed by atoms with Crippen LogP contribution in [0, 0.1) is 0 Å². The van der Waals surface area contributed by atoms with Gasteiger partial charge in [0.1, 0.15) is 4.88 Å². The number of hydrogen-bond acceptors (Lipinski definition) is 4. The summed E-state index contributed by atoms with van der Waals surface area (Å²) in [4.78, 5) is 13.1. The Balaban J connectivity index is 2.22. The predicted molar refractivity (Wildman–Crippen MR) is 55.6 cm³/mol. The van der Waals surface area contributed by atoms with Gasteiger partial charge in [-0.25, -0.2) is 4.79 Å². The zero-order valence-corrected chi connectivity index (χ0v) is 8.89. The van der Waals surface area contributed by atoms with Gasteiger partial charge in [0.05, 0.1) is 7.11 Å². The molecule has 1 fully saturated rings. The van der Waals surface area contributed by atoms with Crippen molar-refractivity contribution >= 4 is 17.3 Å². The molecule has 0 bridgehead atoms. The van der Waals surface area contributed by atoms with Gasteiger partial charge in [0.15, 0.2) is 0 Å². The van der Waals surface area contributed by atoms with Crippen LogP contribution in [0.2, 0.25) is 0 Å². The van der Waals surface area contributed by atoms with E-state index in [9.17, 15) is 4.79 Å². The number of nitrogens with two attached hydrogens (primary N) is 1. The summed E-state index contributed by atoms with van der Waals surface area (Å²) < 4.78 is 4.66. The Morgan fingerprint density at radius 1 is 1.64 bits per heavy atom. The average Bonchev–Trinajstić information content (AvgIpc) is 2.87. The summed E-state index contributed by atoms with van der Waals surface area (Å²) in [5.41, 5.74) is 5.89. The van der Waals surface area contributed by atoms with Crippen LogP contribution in [0.15, 0.2) is 12.1 Å². The van der Waals surface area contributed by atoms with Crippen molar-refractivity contribution in [3.8, 4) is 0 Å². The quantitative estimate of drug-likeness (QED) is 0.771. The third-order valence-electron chi connectivity index (χ3n) is 2.76. The lowest BCUT2D eigenvalue weighted by Gasteiger charge is -2.07. The maximum Gasteiger partial charge on any atom is 0.348 e. The molecule has 1 aromatic rings. The van der Waals surface area contributed by atoms with Gasteiger partial charge in [0.25, 0.3) is 0 Å². The SMILES string of the molecule is COC(=O)c1ccc(C2(CN)CC2)s1. The summed E-state index contributed by atoms with van der Waals surface area (Å²) in [5, 5.41) is 0. The first-order valence-electron chi connectivity index (χ1n) is 4.60. The van der Waals surface area contributed by atoms with Gasteiger partial charge < -0.3 is 10.5 Å². The van der Waals surface area contributed by atoms with Crippen molar-refractivity contribution in [2.45, 2.75) is 18.3 Å². The fourth-order valence-corrected chi connectivity index (χ4v) is 2.71. The van der Waals surface area contributed by atoms with Gasteiger partial charge in [-0.1, -0.05) is 0 Å². The van der Waals surface area contributed by atoms with E-state index in [4.69, 9.17) is 5.73 Å². The minimum atomic E-state index is -0.255. The van der Waals surface area contributed by atoms with E-state index >= 15 is 0 Å². The van der Waals surface area contributed by atoms with E-state index in [-0.39, 0.29) is 11.4 Å². The summed E-state index contributed by atoms with van der Waals surface area (Å²) in [7, 11) is 1.40. The molecule has 1 aliphatic carbocycles. The number of hydrogen-bond donors (Lipinski definition) is 1. The van der Waals surface area contributed by atoms with Crippen molar-refractivity contribution < 1.29 is 9.53 Å². The molecule has 0 aliphatic heterocycles. The fourth-order valence-electron chi connectivity index (χ4n) is 1.54. The summed E-state index contributed by atoms with van der Waals surface area (Å²) in [6.45, 7) is 0.675. The zero-order chi connectivity index (χ0) is 10.2. The zero-order valence-electron chi connectivity index (χ0n) is 8.08. The standard InChI is InChI=1S/C10H13NO2S/c1-13-9(12)7-2-3-8(14-7)10(6-11)4-5-10/h2-3H,4-6,11H2,1H3. The summed E-state index contributed by atoms with van der Waals surface area (Å²) >= 11 is 1.51. The number of rotatable bonds is 3. The molecule has 14 heavy (non-hydrogen) atoms. The van der Waals surface area contributed by atoms with Gasteiger partial charge in [-0.2, -0.15) is 0 Å². The van der Waals surface area contributed by atoms with Crippen LogP contribution in [0.5, 0.6) is 0 Å². The van der Waals surface area contributed by atoms with Gasteiger partial charge in [-0.05, 0) is 25.0 Å². The Morgan fingerprint density at radius 3 is 2.86 bits per heavy atom. The second kappa shape index (κ2) is 3.37. The molecule has 1 saturated carbocycles. The lowest BCUT2D eigenvalue weighted by Crippen LogP contribution is -2.18.